The fourth-order valence-corrected chi connectivity index (χ4v) is 1.06. The maximum absolute atomic E-state index is 10.3. The molecule has 2 N–H and O–H groups in total. The Morgan fingerprint density at radius 1 is 1.77 bits per heavy atom. The van der Waals surface area contributed by atoms with Gasteiger partial charge in [-0.1, -0.05) is 12.1 Å². The Bertz CT molecular complexity index is 271. The third-order valence-electron chi connectivity index (χ3n) is 1.66. The van der Waals surface area contributed by atoms with Gasteiger partial charge in [-0.25, -0.2) is 0 Å². The maximum Gasteiger partial charge on any atom is 0.137 e. The Kier molecular flexibility index (Phi) is 3.57. The number of rotatable bonds is 5. The van der Waals surface area contributed by atoms with Gasteiger partial charge in [0.2, 0.25) is 0 Å². The molecule has 0 saturated heterocycles. The minimum Gasteiger partial charge on any atom is -0.321 e. The summed E-state index contributed by atoms with van der Waals surface area (Å²) in [4.78, 5) is 10.3. The third kappa shape index (κ3) is 2.95. The largest absolute Gasteiger partial charge is 0.321 e. The topological polar surface area (TPSA) is 73.8 Å². The van der Waals surface area contributed by atoms with Gasteiger partial charge in [0.05, 0.1) is 11.7 Å². The smallest absolute Gasteiger partial charge is 0.137 e. The van der Waals surface area contributed by atoms with Gasteiger partial charge in [0.25, 0.3) is 0 Å². The van der Waals surface area contributed by atoms with Crippen molar-refractivity contribution in [2.24, 2.45) is 5.73 Å². The van der Waals surface area contributed by atoms with Crippen molar-refractivity contribution >= 4 is 6.29 Å². The van der Waals surface area contributed by atoms with Crippen LogP contribution in [0.5, 0.6) is 0 Å². The van der Waals surface area contributed by atoms with E-state index in [9.17, 15) is 4.79 Å². The first-order valence-electron chi connectivity index (χ1n) is 4.36. The third-order valence-corrected chi connectivity index (χ3v) is 1.66. The molecule has 0 amide bonds. The number of hydrogen-bond acceptors (Lipinski definition) is 4. The molecule has 0 bridgehead atoms. The second kappa shape index (κ2) is 4.71. The van der Waals surface area contributed by atoms with Crippen LogP contribution in [0, 0.1) is 0 Å². The van der Waals surface area contributed by atoms with Crippen molar-refractivity contribution in [3.8, 4) is 0 Å². The lowest BCUT2D eigenvalue weighted by molar-refractivity contribution is -0.108. The van der Waals surface area contributed by atoms with E-state index in [0.29, 0.717) is 6.42 Å². The SMILES string of the molecule is CCCn1cc(CC(N)C=O)nn1. The van der Waals surface area contributed by atoms with Crippen LogP contribution in [0.2, 0.25) is 0 Å². The van der Waals surface area contributed by atoms with Crippen LogP contribution in [0.15, 0.2) is 6.20 Å². The van der Waals surface area contributed by atoms with Gasteiger partial charge in [-0.05, 0) is 6.42 Å². The molecular weight excluding hydrogens is 168 g/mol. The molecule has 0 radical (unpaired) electrons. The summed E-state index contributed by atoms with van der Waals surface area (Å²) in [6.45, 7) is 2.92. The molecule has 0 aliphatic heterocycles. The number of aromatic nitrogens is 3. The molecular formula is C8H14N4O. The fraction of sp³-hybridized carbons (Fsp3) is 0.625. The highest BCUT2D eigenvalue weighted by Gasteiger charge is 2.05. The number of hydrogen-bond donors (Lipinski definition) is 1. The highest BCUT2D eigenvalue weighted by Crippen LogP contribution is 1.96. The zero-order chi connectivity index (χ0) is 9.68. The Hall–Kier alpha value is -1.23. The van der Waals surface area contributed by atoms with Gasteiger partial charge >= 0.3 is 0 Å². The zero-order valence-electron chi connectivity index (χ0n) is 7.68. The Morgan fingerprint density at radius 2 is 2.54 bits per heavy atom. The number of aryl methyl sites for hydroxylation is 1. The minimum atomic E-state index is -0.466. The summed E-state index contributed by atoms with van der Waals surface area (Å²) in [6.07, 6.45) is 4.03. The van der Waals surface area contributed by atoms with Gasteiger partial charge in [0.15, 0.2) is 0 Å². The number of aldehydes is 1. The lowest BCUT2D eigenvalue weighted by Crippen LogP contribution is -2.24. The molecule has 0 aromatic carbocycles. The van der Waals surface area contributed by atoms with Crippen LogP contribution in [-0.2, 0) is 17.8 Å². The molecule has 1 atom stereocenters. The van der Waals surface area contributed by atoms with E-state index in [1.54, 1.807) is 4.68 Å². The van der Waals surface area contributed by atoms with E-state index in [0.717, 1.165) is 24.9 Å². The average molecular weight is 182 g/mol. The van der Waals surface area contributed by atoms with Crippen molar-refractivity contribution in [1.82, 2.24) is 15.0 Å². The van der Waals surface area contributed by atoms with Crippen LogP contribution >= 0.6 is 0 Å². The minimum absolute atomic E-state index is 0.465. The number of nitrogens with two attached hydrogens (primary N) is 1. The van der Waals surface area contributed by atoms with E-state index < -0.39 is 6.04 Å². The molecule has 1 aromatic heterocycles. The molecule has 1 aromatic rings. The van der Waals surface area contributed by atoms with Gasteiger partial charge in [0.1, 0.15) is 6.29 Å². The molecule has 5 nitrogen and oxygen atoms in total. The highest BCUT2D eigenvalue weighted by atomic mass is 16.1. The van der Waals surface area contributed by atoms with Crippen molar-refractivity contribution in [2.45, 2.75) is 32.4 Å². The molecule has 1 rings (SSSR count). The van der Waals surface area contributed by atoms with Crippen molar-refractivity contribution in [2.75, 3.05) is 0 Å². The first-order chi connectivity index (χ1) is 6.26. The van der Waals surface area contributed by atoms with Crippen LogP contribution in [-0.4, -0.2) is 27.3 Å². The monoisotopic (exact) mass is 182 g/mol. The first-order valence-corrected chi connectivity index (χ1v) is 4.36. The summed E-state index contributed by atoms with van der Waals surface area (Å²) in [5, 5.41) is 7.79. The van der Waals surface area contributed by atoms with Gasteiger partial charge in [-0.3, -0.25) is 4.68 Å². The summed E-state index contributed by atoms with van der Waals surface area (Å²) in [5.74, 6) is 0. The van der Waals surface area contributed by atoms with Crippen LogP contribution < -0.4 is 5.73 Å². The molecule has 1 unspecified atom stereocenters. The molecule has 0 aliphatic carbocycles. The summed E-state index contributed by atoms with van der Waals surface area (Å²) in [5.41, 5.74) is 6.21. The first kappa shape index (κ1) is 9.85. The highest BCUT2D eigenvalue weighted by molar-refractivity contribution is 5.57. The second-order valence-corrected chi connectivity index (χ2v) is 2.98. The van der Waals surface area contributed by atoms with Crippen molar-refractivity contribution in [3.05, 3.63) is 11.9 Å². The molecule has 0 aliphatic rings. The molecule has 5 heteroatoms. The molecule has 0 spiro atoms. The van der Waals surface area contributed by atoms with Crippen LogP contribution in [0.3, 0.4) is 0 Å². The molecule has 72 valence electrons. The predicted molar refractivity (Wildman–Crippen MR) is 48.1 cm³/mol. The van der Waals surface area contributed by atoms with E-state index in [4.69, 9.17) is 5.73 Å². The summed E-state index contributed by atoms with van der Waals surface area (Å²) >= 11 is 0. The van der Waals surface area contributed by atoms with Crippen LogP contribution in [0.1, 0.15) is 19.0 Å². The van der Waals surface area contributed by atoms with Crippen LogP contribution in [0.4, 0.5) is 0 Å². The van der Waals surface area contributed by atoms with E-state index in [2.05, 4.69) is 17.2 Å². The number of carbonyl (C=O) groups is 1. The average Bonchev–Trinajstić information content (AvgIpc) is 2.53. The van der Waals surface area contributed by atoms with E-state index in [1.165, 1.54) is 0 Å². The number of nitrogens with zero attached hydrogens (tertiary/aromatic N) is 3. The molecule has 0 fully saturated rings. The van der Waals surface area contributed by atoms with Gasteiger partial charge < -0.3 is 10.5 Å². The van der Waals surface area contributed by atoms with E-state index >= 15 is 0 Å². The lowest BCUT2D eigenvalue weighted by Gasteiger charge is -1.97. The fourth-order valence-electron chi connectivity index (χ4n) is 1.06. The predicted octanol–water partition coefficient (Wildman–Crippen LogP) is -0.243. The molecule has 0 saturated carbocycles. The van der Waals surface area contributed by atoms with Gasteiger partial charge in [-0.15, -0.1) is 5.10 Å². The van der Waals surface area contributed by atoms with Crippen LogP contribution in [0.25, 0.3) is 0 Å². The maximum atomic E-state index is 10.3. The van der Waals surface area contributed by atoms with E-state index in [-0.39, 0.29) is 0 Å². The Labute approximate surface area is 76.9 Å². The molecule has 1 heterocycles. The summed E-state index contributed by atoms with van der Waals surface area (Å²) < 4.78 is 1.76. The van der Waals surface area contributed by atoms with Crippen molar-refractivity contribution in [3.63, 3.8) is 0 Å². The van der Waals surface area contributed by atoms with Gasteiger partial charge in [-0.2, -0.15) is 0 Å². The standard InChI is InChI=1S/C8H14N4O/c1-2-3-12-5-8(10-11-12)4-7(9)6-13/h5-7H,2-4,9H2,1H3. The Balaban J connectivity index is 2.53. The Morgan fingerprint density at radius 3 is 3.15 bits per heavy atom. The summed E-state index contributed by atoms with van der Waals surface area (Å²) in [6, 6.07) is -0.466. The lowest BCUT2D eigenvalue weighted by atomic mass is 10.2. The molecule has 13 heavy (non-hydrogen) atoms. The van der Waals surface area contributed by atoms with Crippen molar-refractivity contribution < 1.29 is 4.79 Å². The van der Waals surface area contributed by atoms with E-state index in [1.807, 2.05) is 6.20 Å². The normalized spacial score (nSPS) is 12.8. The second-order valence-electron chi connectivity index (χ2n) is 2.98. The van der Waals surface area contributed by atoms with Gasteiger partial charge in [0, 0.05) is 19.2 Å². The van der Waals surface area contributed by atoms with Crippen molar-refractivity contribution in [1.29, 1.82) is 0 Å². The quantitative estimate of drug-likeness (QED) is 0.637. The number of carbonyl (C=O) groups excluding carboxylic acids is 1. The zero-order valence-corrected chi connectivity index (χ0v) is 7.68. The summed E-state index contributed by atoms with van der Waals surface area (Å²) in [7, 11) is 0.